The molecule has 0 fully saturated rings. The van der Waals surface area contributed by atoms with E-state index in [1.54, 1.807) is 0 Å². The molecule has 0 aromatic rings. The molecule has 0 spiro atoms. The van der Waals surface area contributed by atoms with E-state index in [1.807, 2.05) is 6.08 Å². The van der Waals surface area contributed by atoms with Crippen LogP contribution in [0.3, 0.4) is 0 Å². The number of unbranched alkanes of at least 4 members (excludes halogenated alkanes) is 14. The zero-order chi connectivity index (χ0) is 16.1. The molecule has 0 radical (unpaired) electrons. The fourth-order valence-corrected chi connectivity index (χ4v) is 2.69. The lowest BCUT2D eigenvalue weighted by Crippen LogP contribution is -1.81. The van der Waals surface area contributed by atoms with Crippen molar-refractivity contribution in [2.75, 3.05) is 0 Å². The minimum atomic E-state index is 0.735. The maximum Gasteiger partial charge on any atom is 0.119 e. The van der Waals surface area contributed by atoms with Gasteiger partial charge in [-0.3, -0.25) is 0 Å². The first-order chi connectivity index (χ1) is 10.9. The Morgan fingerprint density at radius 2 is 0.864 bits per heavy atom. The average molecular weight is 307 g/mol. The van der Waals surface area contributed by atoms with E-state index in [-0.39, 0.29) is 0 Å². The van der Waals surface area contributed by atoms with Gasteiger partial charge < -0.3 is 4.79 Å². The number of hydrogen-bond donors (Lipinski definition) is 0. The molecule has 128 valence electrons. The third-order valence-corrected chi connectivity index (χ3v) is 4.14. The third kappa shape index (κ3) is 19.1. The molecule has 0 bridgehead atoms. The quantitative estimate of drug-likeness (QED) is 0.149. The summed E-state index contributed by atoms with van der Waals surface area (Å²) in [6.45, 7) is 3.76. The van der Waals surface area contributed by atoms with E-state index in [1.165, 1.54) is 89.9 Å². The summed E-state index contributed by atoms with van der Waals surface area (Å²) in [6.07, 6.45) is 28.1. The molecule has 0 N–H and O–H groups in total. The molecule has 0 aromatic carbocycles. The number of carbonyl (C=O) groups excluding carboxylic acids is 1. The first kappa shape index (κ1) is 21.1. The van der Waals surface area contributed by atoms with Crippen LogP contribution < -0.4 is 0 Å². The molecule has 0 atom stereocenters. The molecule has 0 saturated heterocycles. The van der Waals surface area contributed by atoms with Gasteiger partial charge >= 0.3 is 0 Å². The van der Waals surface area contributed by atoms with E-state index in [0.717, 1.165) is 19.1 Å². The fraction of sp³-hybridized carbons (Fsp3) is 0.762. The van der Waals surface area contributed by atoms with Gasteiger partial charge in [-0.15, -0.1) is 6.58 Å². The lowest BCUT2D eigenvalue weighted by Gasteiger charge is -2.01. The number of rotatable bonds is 18. The van der Waals surface area contributed by atoms with Crippen molar-refractivity contribution in [3.63, 3.8) is 0 Å². The van der Waals surface area contributed by atoms with Crippen molar-refractivity contribution < 1.29 is 4.79 Å². The predicted molar refractivity (Wildman–Crippen MR) is 99.3 cm³/mol. The van der Waals surface area contributed by atoms with Crippen molar-refractivity contribution in [2.24, 2.45) is 0 Å². The maximum absolute atomic E-state index is 10.2. The summed E-state index contributed by atoms with van der Waals surface area (Å²) in [5.41, 5.74) is 0. The van der Waals surface area contributed by atoms with Crippen LogP contribution in [-0.4, -0.2) is 6.29 Å². The summed E-state index contributed by atoms with van der Waals surface area (Å²) < 4.78 is 0. The first-order valence-corrected chi connectivity index (χ1v) is 9.61. The van der Waals surface area contributed by atoms with Gasteiger partial charge in [-0.25, -0.2) is 0 Å². The number of allylic oxidation sites excluding steroid dienone is 3. The minimum absolute atomic E-state index is 0.735. The Balaban J connectivity index is 3.04. The summed E-state index contributed by atoms with van der Waals surface area (Å²) >= 11 is 0. The molecule has 22 heavy (non-hydrogen) atoms. The fourth-order valence-electron chi connectivity index (χ4n) is 2.69. The highest BCUT2D eigenvalue weighted by Crippen LogP contribution is 2.12. The van der Waals surface area contributed by atoms with Gasteiger partial charge in [0.2, 0.25) is 0 Å². The molecule has 0 heterocycles. The lowest BCUT2D eigenvalue weighted by molar-refractivity contribution is -0.107. The number of hydrogen-bond acceptors (Lipinski definition) is 1. The van der Waals surface area contributed by atoms with Gasteiger partial charge in [0.05, 0.1) is 0 Å². The summed E-state index contributed by atoms with van der Waals surface area (Å²) in [4.78, 5) is 10.2. The van der Waals surface area contributed by atoms with E-state index < -0.39 is 0 Å². The minimum Gasteiger partial charge on any atom is -0.303 e. The third-order valence-electron chi connectivity index (χ3n) is 4.14. The highest BCUT2D eigenvalue weighted by molar-refractivity contribution is 5.48. The highest BCUT2D eigenvalue weighted by atomic mass is 16.1. The Hall–Kier alpha value is -0.850. The van der Waals surface area contributed by atoms with Gasteiger partial charge in [0.15, 0.2) is 0 Å². The standard InChI is InChI=1S/C21H38O/c1-2-3-4-5-6-7-8-9-10-11-12-13-14-15-16-17-18-19-20-21-22/h2,14-15,21H,1,3-13,16-20H2/b15-14-. The van der Waals surface area contributed by atoms with E-state index in [9.17, 15) is 4.79 Å². The number of aldehydes is 1. The molecule has 0 amide bonds. The van der Waals surface area contributed by atoms with Crippen LogP contribution >= 0.6 is 0 Å². The molecule has 1 nitrogen and oxygen atoms in total. The van der Waals surface area contributed by atoms with Crippen LogP contribution in [0.5, 0.6) is 0 Å². The largest absolute Gasteiger partial charge is 0.303 e. The van der Waals surface area contributed by atoms with Crippen LogP contribution in [0, 0.1) is 0 Å². The second-order valence-corrected chi connectivity index (χ2v) is 6.32. The lowest BCUT2D eigenvalue weighted by atomic mass is 10.1. The summed E-state index contributed by atoms with van der Waals surface area (Å²) in [5.74, 6) is 0. The van der Waals surface area contributed by atoms with Gasteiger partial charge in [0.25, 0.3) is 0 Å². The van der Waals surface area contributed by atoms with E-state index in [2.05, 4.69) is 18.7 Å². The van der Waals surface area contributed by atoms with E-state index in [0.29, 0.717) is 0 Å². The topological polar surface area (TPSA) is 17.1 Å². The van der Waals surface area contributed by atoms with Crippen LogP contribution in [0.4, 0.5) is 0 Å². The van der Waals surface area contributed by atoms with Crippen LogP contribution in [-0.2, 0) is 4.79 Å². The molecule has 0 aromatic heterocycles. The number of carbonyl (C=O) groups is 1. The van der Waals surface area contributed by atoms with E-state index >= 15 is 0 Å². The highest BCUT2D eigenvalue weighted by Gasteiger charge is 1.92. The second kappa shape index (κ2) is 20.1. The zero-order valence-electron chi connectivity index (χ0n) is 14.7. The second-order valence-electron chi connectivity index (χ2n) is 6.32. The van der Waals surface area contributed by atoms with Gasteiger partial charge in [0, 0.05) is 6.42 Å². The molecule has 0 saturated carbocycles. The smallest absolute Gasteiger partial charge is 0.119 e. The summed E-state index contributed by atoms with van der Waals surface area (Å²) in [6, 6.07) is 0. The van der Waals surface area contributed by atoms with Crippen molar-refractivity contribution in [3.05, 3.63) is 24.8 Å². The van der Waals surface area contributed by atoms with Crippen molar-refractivity contribution in [2.45, 2.75) is 103 Å². The van der Waals surface area contributed by atoms with Crippen molar-refractivity contribution in [1.29, 1.82) is 0 Å². The average Bonchev–Trinajstić information content (AvgIpc) is 2.54. The molecule has 0 rings (SSSR count). The Morgan fingerprint density at radius 1 is 0.500 bits per heavy atom. The van der Waals surface area contributed by atoms with E-state index in [4.69, 9.17) is 0 Å². The predicted octanol–water partition coefficient (Wildman–Crippen LogP) is 7.17. The van der Waals surface area contributed by atoms with Gasteiger partial charge in [-0.1, -0.05) is 69.6 Å². The summed E-state index contributed by atoms with van der Waals surface area (Å²) in [5, 5.41) is 0. The Kier molecular flexibility index (Phi) is 19.4. The van der Waals surface area contributed by atoms with Crippen LogP contribution in [0.1, 0.15) is 103 Å². The van der Waals surface area contributed by atoms with Gasteiger partial charge in [-0.05, 0) is 44.9 Å². The Bertz CT molecular complexity index is 255. The Labute approximate surface area is 139 Å². The molecular formula is C21H38O. The Morgan fingerprint density at radius 3 is 1.32 bits per heavy atom. The summed E-state index contributed by atoms with van der Waals surface area (Å²) in [7, 11) is 0. The van der Waals surface area contributed by atoms with Crippen molar-refractivity contribution in [1.82, 2.24) is 0 Å². The molecular weight excluding hydrogens is 268 g/mol. The van der Waals surface area contributed by atoms with Gasteiger partial charge in [-0.2, -0.15) is 0 Å². The van der Waals surface area contributed by atoms with Crippen molar-refractivity contribution >= 4 is 6.29 Å². The van der Waals surface area contributed by atoms with Crippen LogP contribution in [0.25, 0.3) is 0 Å². The molecule has 0 aliphatic carbocycles. The molecule has 0 unspecified atom stereocenters. The normalized spacial score (nSPS) is 11.1. The molecule has 0 aliphatic heterocycles. The first-order valence-electron chi connectivity index (χ1n) is 9.61. The van der Waals surface area contributed by atoms with Crippen LogP contribution in [0.15, 0.2) is 24.8 Å². The SMILES string of the molecule is C=CCCCCCCCCCCC/C=C\CCCCCC=O. The monoisotopic (exact) mass is 306 g/mol. The van der Waals surface area contributed by atoms with Crippen molar-refractivity contribution in [3.8, 4) is 0 Å². The molecule has 1 heteroatoms. The zero-order valence-corrected chi connectivity index (χ0v) is 14.7. The maximum atomic E-state index is 10.2. The molecule has 0 aliphatic rings. The van der Waals surface area contributed by atoms with Crippen LogP contribution in [0.2, 0.25) is 0 Å². The van der Waals surface area contributed by atoms with Gasteiger partial charge in [0.1, 0.15) is 6.29 Å².